The van der Waals surface area contributed by atoms with Gasteiger partial charge in [-0.15, -0.1) is 23.2 Å². The Balaban J connectivity index is 3.25. The molecule has 0 heterocycles. The van der Waals surface area contributed by atoms with E-state index in [1.54, 1.807) is 0 Å². The van der Waals surface area contributed by atoms with Crippen molar-refractivity contribution in [3.63, 3.8) is 0 Å². The van der Waals surface area contributed by atoms with Crippen LogP contribution in [0.25, 0.3) is 0 Å². The van der Waals surface area contributed by atoms with Crippen LogP contribution in [-0.2, 0) is 0 Å². The van der Waals surface area contributed by atoms with Crippen molar-refractivity contribution in [3.8, 4) is 0 Å². The van der Waals surface area contributed by atoms with Crippen molar-refractivity contribution in [1.82, 2.24) is 0 Å². The molecule has 0 aliphatic heterocycles. The van der Waals surface area contributed by atoms with E-state index < -0.39 is 28.1 Å². The van der Waals surface area contributed by atoms with Gasteiger partial charge in [0, 0.05) is 0 Å². The summed E-state index contributed by atoms with van der Waals surface area (Å²) in [4.78, 5) is -1.32. The molecule has 0 radical (unpaired) electrons. The highest BCUT2D eigenvalue weighted by Gasteiger charge is 2.24. The van der Waals surface area contributed by atoms with E-state index in [1.165, 1.54) is 0 Å². The first-order valence-electron chi connectivity index (χ1n) is 3.54. The zero-order chi connectivity index (χ0) is 10.9. The van der Waals surface area contributed by atoms with Gasteiger partial charge in [-0.3, -0.25) is 0 Å². The van der Waals surface area contributed by atoms with Gasteiger partial charge in [-0.05, 0) is 12.1 Å². The van der Waals surface area contributed by atoms with Gasteiger partial charge in [0.1, 0.15) is 16.8 Å². The molecule has 78 valence electrons. The van der Waals surface area contributed by atoms with Crippen LogP contribution in [0.5, 0.6) is 0 Å². The molecule has 0 fully saturated rings. The molecule has 6 heteroatoms. The first-order chi connectivity index (χ1) is 6.45. The molecule has 1 unspecified atom stereocenters. The molecule has 0 spiro atoms. The Morgan fingerprint density at radius 2 is 1.79 bits per heavy atom. The fourth-order valence-electron chi connectivity index (χ4n) is 0.940. The number of hydrogen-bond acceptors (Lipinski definition) is 1. The van der Waals surface area contributed by atoms with Crippen molar-refractivity contribution in [3.05, 3.63) is 34.4 Å². The average molecular weight is 261 g/mol. The van der Waals surface area contributed by atoms with Crippen molar-refractivity contribution >= 4 is 34.8 Å². The second-order valence-electron chi connectivity index (χ2n) is 2.54. The summed E-state index contributed by atoms with van der Waals surface area (Å²) in [6.07, 6.45) is -1.64. The molecule has 0 aliphatic rings. The van der Waals surface area contributed by atoms with E-state index in [1.807, 2.05) is 0 Å². The molecule has 0 amide bonds. The lowest BCUT2D eigenvalue weighted by Crippen LogP contribution is -2.11. The SMILES string of the molecule is OC(c1c(F)ccc(Cl)c1F)C(Cl)Cl. The molecule has 0 bridgehead atoms. The van der Waals surface area contributed by atoms with E-state index >= 15 is 0 Å². The van der Waals surface area contributed by atoms with Crippen LogP contribution in [0.1, 0.15) is 11.7 Å². The van der Waals surface area contributed by atoms with Crippen LogP contribution in [0.3, 0.4) is 0 Å². The van der Waals surface area contributed by atoms with E-state index in [2.05, 4.69) is 0 Å². The van der Waals surface area contributed by atoms with Gasteiger partial charge in [0.15, 0.2) is 5.82 Å². The number of hydrogen-bond donors (Lipinski definition) is 1. The summed E-state index contributed by atoms with van der Waals surface area (Å²) >= 11 is 16.0. The van der Waals surface area contributed by atoms with E-state index in [9.17, 15) is 13.9 Å². The standard InChI is InChI=1S/C8H5Cl3F2O/c9-3-1-2-4(12)5(6(3)13)7(14)8(10)11/h1-2,7-8,14H. The maximum atomic E-state index is 13.2. The number of aliphatic hydroxyl groups is 1. The maximum Gasteiger partial charge on any atom is 0.150 e. The topological polar surface area (TPSA) is 20.2 Å². The summed E-state index contributed by atoms with van der Waals surface area (Å²) in [6.45, 7) is 0. The molecule has 1 aromatic rings. The summed E-state index contributed by atoms with van der Waals surface area (Å²) in [5.74, 6) is -1.99. The number of halogens is 5. The monoisotopic (exact) mass is 260 g/mol. The number of aliphatic hydroxyl groups excluding tert-OH is 1. The van der Waals surface area contributed by atoms with Crippen molar-refractivity contribution in [2.45, 2.75) is 10.9 Å². The molecule has 1 rings (SSSR count). The summed E-state index contributed by atoms with van der Waals surface area (Å²) < 4.78 is 26.3. The molecular weight excluding hydrogens is 256 g/mol. The maximum absolute atomic E-state index is 13.2. The number of alkyl halides is 2. The van der Waals surface area contributed by atoms with E-state index in [0.29, 0.717) is 0 Å². The molecule has 1 nitrogen and oxygen atoms in total. The van der Waals surface area contributed by atoms with Crippen LogP contribution in [0.15, 0.2) is 12.1 Å². The van der Waals surface area contributed by atoms with Crippen molar-refractivity contribution in [1.29, 1.82) is 0 Å². The lowest BCUT2D eigenvalue weighted by molar-refractivity contribution is 0.182. The third kappa shape index (κ3) is 2.28. The third-order valence-corrected chi connectivity index (χ3v) is 2.38. The van der Waals surface area contributed by atoms with Crippen LogP contribution < -0.4 is 0 Å². The summed E-state index contributed by atoms with van der Waals surface area (Å²) in [7, 11) is 0. The van der Waals surface area contributed by atoms with Gasteiger partial charge in [0.2, 0.25) is 0 Å². The Hall–Kier alpha value is -0.0900. The largest absolute Gasteiger partial charge is 0.385 e. The molecule has 0 aromatic heterocycles. The zero-order valence-corrected chi connectivity index (χ0v) is 8.91. The Labute approximate surface area is 94.2 Å². The van der Waals surface area contributed by atoms with Crippen LogP contribution in [-0.4, -0.2) is 9.94 Å². The van der Waals surface area contributed by atoms with E-state index in [0.717, 1.165) is 12.1 Å². The van der Waals surface area contributed by atoms with Crippen LogP contribution in [0, 0.1) is 11.6 Å². The van der Waals surface area contributed by atoms with E-state index in [4.69, 9.17) is 34.8 Å². The van der Waals surface area contributed by atoms with Crippen LogP contribution in [0.4, 0.5) is 8.78 Å². The second kappa shape index (κ2) is 4.62. The Morgan fingerprint density at radius 3 is 2.29 bits per heavy atom. The van der Waals surface area contributed by atoms with Crippen molar-refractivity contribution in [2.75, 3.05) is 0 Å². The van der Waals surface area contributed by atoms with Crippen LogP contribution in [0.2, 0.25) is 5.02 Å². The fourth-order valence-corrected chi connectivity index (χ4v) is 1.36. The van der Waals surface area contributed by atoms with E-state index in [-0.39, 0.29) is 5.02 Å². The Kier molecular flexibility index (Phi) is 3.95. The molecule has 0 saturated carbocycles. The second-order valence-corrected chi connectivity index (χ2v) is 4.11. The quantitative estimate of drug-likeness (QED) is 0.638. The first kappa shape index (κ1) is 12.0. The van der Waals surface area contributed by atoms with Gasteiger partial charge in [-0.2, -0.15) is 0 Å². The van der Waals surface area contributed by atoms with Gasteiger partial charge >= 0.3 is 0 Å². The lowest BCUT2D eigenvalue weighted by Gasteiger charge is -2.13. The summed E-state index contributed by atoms with van der Waals surface area (Å²) in [5, 5.41) is 8.98. The Morgan fingerprint density at radius 1 is 1.21 bits per heavy atom. The van der Waals surface area contributed by atoms with Gasteiger partial charge in [0.25, 0.3) is 0 Å². The van der Waals surface area contributed by atoms with Crippen molar-refractivity contribution in [2.24, 2.45) is 0 Å². The molecule has 0 aliphatic carbocycles. The normalized spacial score (nSPS) is 13.4. The van der Waals surface area contributed by atoms with Gasteiger partial charge < -0.3 is 5.11 Å². The molecule has 1 aromatic carbocycles. The van der Waals surface area contributed by atoms with Crippen LogP contribution >= 0.6 is 34.8 Å². The highest BCUT2D eigenvalue weighted by molar-refractivity contribution is 6.44. The van der Waals surface area contributed by atoms with Crippen molar-refractivity contribution < 1.29 is 13.9 Å². The molecule has 1 N–H and O–H groups in total. The molecule has 0 saturated heterocycles. The molecular formula is C8H5Cl3F2O. The first-order valence-corrected chi connectivity index (χ1v) is 4.80. The average Bonchev–Trinajstić information content (AvgIpc) is 2.12. The Bertz CT molecular complexity index is 344. The predicted octanol–water partition coefficient (Wildman–Crippen LogP) is 3.46. The minimum absolute atomic E-state index is 0.297. The fraction of sp³-hybridized carbons (Fsp3) is 0.250. The number of benzene rings is 1. The lowest BCUT2D eigenvalue weighted by atomic mass is 10.1. The molecule has 14 heavy (non-hydrogen) atoms. The van der Waals surface area contributed by atoms with Gasteiger partial charge in [-0.25, -0.2) is 8.78 Å². The smallest absolute Gasteiger partial charge is 0.150 e. The predicted molar refractivity (Wildman–Crippen MR) is 51.8 cm³/mol. The summed E-state index contributed by atoms with van der Waals surface area (Å²) in [5.41, 5.74) is -0.618. The minimum atomic E-state index is -1.64. The number of rotatable bonds is 2. The molecule has 1 atom stereocenters. The summed E-state index contributed by atoms with van der Waals surface area (Å²) in [6, 6.07) is 1.97. The van der Waals surface area contributed by atoms with Gasteiger partial charge in [-0.1, -0.05) is 11.6 Å². The third-order valence-electron chi connectivity index (χ3n) is 1.61. The highest BCUT2D eigenvalue weighted by Crippen LogP contribution is 2.31. The minimum Gasteiger partial charge on any atom is -0.385 e. The zero-order valence-electron chi connectivity index (χ0n) is 6.65. The highest BCUT2D eigenvalue weighted by atomic mass is 35.5. The van der Waals surface area contributed by atoms with Gasteiger partial charge in [0.05, 0.1) is 10.6 Å².